The summed E-state index contributed by atoms with van der Waals surface area (Å²) in [5, 5.41) is 4.31. The molecule has 4 rings (SSSR count). The molecule has 1 aliphatic rings. The number of nitrogens with one attached hydrogen (secondary N) is 1. The SMILES string of the molecule is O=C(c1cccc2ncccc12)N1CCNCC1c1ccccc1. The Kier molecular flexibility index (Phi) is 3.97. The molecule has 1 fully saturated rings. The van der Waals surface area contributed by atoms with E-state index in [4.69, 9.17) is 0 Å². The van der Waals surface area contributed by atoms with Crippen molar-refractivity contribution >= 4 is 16.8 Å². The highest BCUT2D eigenvalue weighted by Crippen LogP contribution is 2.26. The smallest absolute Gasteiger partial charge is 0.255 e. The summed E-state index contributed by atoms with van der Waals surface area (Å²) in [5.74, 6) is 0.0731. The number of fused-ring (bicyclic) bond motifs is 1. The highest BCUT2D eigenvalue weighted by molar-refractivity contribution is 6.06. The second kappa shape index (κ2) is 6.42. The molecule has 4 nitrogen and oxygen atoms in total. The zero-order valence-electron chi connectivity index (χ0n) is 13.4. The van der Waals surface area contributed by atoms with E-state index in [0.717, 1.165) is 35.1 Å². The van der Waals surface area contributed by atoms with Crippen molar-refractivity contribution in [3.05, 3.63) is 78.0 Å². The van der Waals surface area contributed by atoms with Gasteiger partial charge in [0, 0.05) is 36.8 Å². The van der Waals surface area contributed by atoms with E-state index in [0.29, 0.717) is 6.54 Å². The van der Waals surface area contributed by atoms with Crippen molar-refractivity contribution in [1.29, 1.82) is 0 Å². The summed E-state index contributed by atoms with van der Waals surface area (Å²) >= 11 is 0. The van der Waals surface area contributed by atoms with Crippen molar-refractivity contribution in [2.75, 3.05) is 19.6 Å². The number of aromatic nitrogens is 1. The van der Waals surface area contributed by atoms with Crippen LogP contribution >= 0.6 is 0 Å². The van der Waals surface area contributed by atoms with E-state index in [1.807, 2.05) is 53.4 Å². The molecule has 2 heterocycles. The number of carbonyl (C=O) groups is 1. The third-order valence-electron chi connectivity index (χ3n) is 4.56. The number of nitrogens with zero attached hydrogens (tertiary/aromatic N) is 2. The largest absolute Gasteiger partial charge is 0.329 e. The van der Waals surface area contributed by atoms with Crippen molar-refractivity contribution in [3.63, 3.8) is 0 Å². The first-order chi connectivity index (χ1) is 11.8. The summed E-state index contributed by atoms with van der Waals surface area (Å²) in [6, 6.07) is 19.9. The van der Waals surface area contributed by atoms with Crippen LogP contribution in [0.15, 0.2) is 66.9 Å². The van der Waals surface area contributed by atoms with Gasteiger partial charge in [0.1, 0.15) is 0 Å². The lowest BCUT2D eigenvalue weighted by molar-refractivity contribution is 0.0636. The van der Waals surface area contributed by atoms with Crippen molar-refractivity contribution < 1.29 is 4.79 Å². The highest BCUT2D eigenvalue weighted by atomic mass is 16.2. The van der Waals surface area contributed by atoms with E-state index in [1.165, 1.54) is 0 Å². The van der Waals surface area contributed by atoms with Gasteiger partial charge in [-0.15, -0.1) is 0 Å². The number of carbonyl (C=O) groups excluding carboxylic acids is 1. The first-order valence-electron chi connectivity index (χ1n) is 8.25. The van der Waals surface area contributed by atoms with Gasteiger partial charge >= 0.3 is 0 Å². The van der Waals surface area contributed by atoms with Gasteiger partial charge in [0.2, 0.25) is 0 Å². The standard InChI is InChI=1S/C20H19N3O/c24-20(17-8-4-10-18-16(17)9-5-11-22-18)23-13-12-21-14-19(23)15-6-2-1-3-7-15/h1-11,19,21H,12-14H2. The molecular formula is C20H19N3O. The molecule has 0 bridgehead atoms. The first-order valence-corrected chi connectivity index (χ1v) is 8.25. The van der Waals surface area contributed by atoms with Crippen LogP contribution in [0, 0.1) is 0 Å². The Hall–Kier alpha value is -2.72. The summed E-state index contributed by atoms with van der Waals surface area (Å²) in [4.78, 5) is 19.6. The van der Waals surface area contributed by atoms with Crippen molar-refractivity contribution in [3.8, 4) is 0 Å². The maximum Gasteiger partial charge on any atom is 0.255 e. The van der Waals surface area contributed by atoms with Gasteiger partial charge in [-0.05, 0) is 23.8 Å². The molecule has 0 spiro atoms. The molecule has 1 unspecified atom stereocenters. The molecule has 0 aliphatic carbocycles. The topological polar surface area (TPSA) is 45.2 Å². The Morgan fingerprint density at radius 3 is 2.79 bits per heavy atom. The third-order valence-corrected chi connectivity index (χ3v) is 4.56. The van der Waals surface area contributed by atoms with Gasteiger partial charge in [-0.3, -0.25) is 9.78 Å². The molecule has 120 valence electrons. The Morgan fingerprint density at radius 2 is 1.92 bits per heavy atom. The van der Waals surface area contributed by atoms with Gasteiger partial charge in [0.05, 0.1) is 11.6 Å². The van der Waals surface area contributed by atoms with E-state index in [9.17, 15) is 4.79 Å². The van der Waals surface area contributed by atoms with Gasteiger partial charge < -0.3 is 10.2 Å². The highest BCUT2D eigenvalue weighted by Gasteiger charge is 2.29. The number of piperazine rings is 1. The monoisotopic (exact) mass is 317 g/mol. The van der Waals surface area contributed by atoms with Crippen LogP contribution in [0.25, 0.3) is 10.9 Å². The van der Waals surface area contributed by atoms with E-state index in [1.54, 1.807) is 6.20 Å². The molecule has 1 amide bonds. The Labute approximate surface area is 141 Å². The molecule has 1 atom stereocenters. The summed E-state index contributed by atoms with van der Waals surface area (Å²) in [6.45, 7) is 2.30. The summed E-state index contributed by atoms with van der Waals surface area (Å²) in [7, 11) is 0. The van der Waals surface area contributed by atoms with Crippen LogP contribution in [0.4, 0.5) is 0 Å². The van der Waals surface area contributed by atoms with E-state index in [-0.39, 0.29) is 11.9 Å². The molecular weight excluding hydrogens is 298 g/mol. The average Bonchev–Trinajstić information content (AvgIpc) is 2.68. The van der Waals surface area contributed by atoms with Crippen molar-refractivity contribution in [1.82, 2.24) is 15.2 Å². The molecule has 0 radical (unpaired) electrons. The average molecular weight is 317 g/mol. The quantitative estimate of drug-likeness (QED) is 0.790. The van der Waals surface area contributed by atoms with Gasteiger partial charge in [0.15, 0.2) is 0 Å². The maximum absolute atomic E-state index is 13.3. The fourth-order valence-corrected chi connectivity index (χ4v) is 3.36. The van der Waals surface area contributed by atoms with Crippen LogP contribution in [-0.4, -0.2) is 35.4 Å². The minimum atomic E-state index is 0.0550. The second-order valence-corrected chi connectivity index (χ2v) is 6.00. The first kappa shape index (κ1) is 14.8. The predicted octanol–water partition coefficient (Wildman–Crippen LogP) is 3.02. The van der Waals surface area contributed by atoms with Gasteiger partial charge in [-0.25, -0.2) is 0 Å². The minimum Gasteiger partial charge on any atom is -0.329 e. The molecule has 3 aromatic rings. The van der Waals surface area contributed by atoms with Gasteiger partial charge in [-0.1, -0.05) is 42.5 Å². The lowest BCUT2D eigenvalue weighted by atomic mass is 10.0. The van der Waals surface area contributed by atoms with Crippen LogP contribution in [0.2, 0.25) is 0 Å². The Bertz CT molecular complexity index is 858. The van der Waals surface area contributed by atoms with Crippen LogP contribution in [-0.2, 0) is 0 Å². The summed E-state index contributed by atoms with van der Waals surface area (Å²) in [6.07, 6.45) is 1.76. The van der Waals surface area contributed by atoms with Crippen LogP contribution < -0.4 is 5.32 Å². The van der Waals surface area contributed by atoms with E-state index < -0.39 is 0 Å². The lowest BCUT2D eigenvalue weighted by Gasteiger charge is -2.36. The number of benzene rings is 2. The number of pyridine rings is 1. The third kappa shape index (κ3) is 2.65. The molecule has 0 saturated carbocycles. The van der Waals surface area contributed by atoms with Crippen LogP contribution in [0.5, 0.6) is 0 Å². The van der Waals surface area contributed by atoms with E-state index >= 15 is 0 Å². The fourth-order valence-electron chi connectivity index (χ4n) is 3.36. The van der Waals surface area contributed by atoms with Crippen molar-refractivity contribution in [2.24, 2.45) is 0 Å². The Morgan fingerprint density at radius 1 is 1.04 bits per heavy atom. The molecule has 1 aromatic heterocycles. The fraction of sp³-hybridized carbons (Fsp3) is 0.200. The van der Waals surface area contributed by atoms with Gasteiger partial charge in [-0.2, -0.15) is 0 Å². The lowest BCUT2D eigenvalue weighted by Crippen LogP contribution is -2.48. The molecule has 2 aromatic carbocycles. The summed E-state index contributed by atoms with van der Waals surface area (Å²) < 4.78 is 0. The Balaban J connectivity index is 1.74. The van der Waals surface area contributed by atoms with Gasteiger partial charge in [0.25, 0.3) is 5.91 Å². The molecule has 1 saturated heterocycles. The van der Waals surface area contributed by atoms with Crippen molar-refractivity contribution in [2.45, 2.75) is 6.04 Å². The molecule has 1 aliphatic heterocycles. The minimum absolute atomic E-state index is 0.0550. The zero-order valence-corrected chi connectivity index (χ0v) is 13.4. The molecule has 4 heteroatoms. The molecule has 24 heavy (non-hydrogen) atoms. The number of amides is 1. The maximum atomic E-state index is 13.3. The number of hydrogen-bond donors (Lipinski definition) is 1. The van der Waals surface area contributed by atoms with Crippen LogP contribution in [0.3, 0.4) is 0 Å². The molecule has 1 N–H and O–H groups in total. The second-order valence-electron chi connectivity index (χ2n) is 6.00. The number of rotatable bonds is 2. The predicted molar refractivity (Wildman–Crippen MR) is 94.8 cm³/mol. The number of hydrogen-bond acceptors (Lipinski definition) is 3. The normalized spacial score (nSPS) is 17.8. The summed E-state index contributed by atoms with van der Waals surface area (Å²) in [5.41, 5.74) is 2.74. The van der Waals surface area contributed by atoms with E-state index in [2.05, 4.69) is 22.4 Å². The van der Waals surface area contributed by atoms with Crippen LogP contribution in [0.1, 0.15) is 22.0 Å². The zero-order chi connectivity index (χ0) is 16.4.